The van der Waals surface area contributed by atoms with Gasteiger partial charge < -0.3 is 5.32 Å². The Bertz CT molecular complexity index is 786. The molecule has 2 heterocycles. The highest BCUT2D eigenvalue weighted by atomic mass is 32.2. The SMILES string of the molecule is Cn1nccc1N1CCC[C@H](N(CC(=O)NCC2CC2)S(C)(=O)=O)C1=O. The van der Waals surface area contributed by atoms with Gasteiger partial charge in [-0.1, -0.05) is 0 Å². The molecule has 2 fully saturated rings. The molecule has 26 heavy (non-hydrogen) atoms. The second-order valence-electron chi connectivity index (χ2n) is 7.02. The lowest BCUT2D eigenvalue weighted by Crippen LogP contribution is -2.56. The Balaban J connectivity index is 1.75. The zero-order valence-electron chi connectivity index (χ0n) is 15.1. The number of piperidine rings is 1. The lowest BCUT2D eigenvalue weighted by atomic mass is 10.0. The van der Waals surface area contributed by atoms with E-state index in [1.807, 2.05) is 0 Å². The van der Waals surface area contributed by atoms with E-state index >= 15 is 0 Å². The monoisotopic (exact) mass is 383 g/mol. The molecule has 0 radical (unpaired) electrons. The molecule has 0 aromatic carbocycles. The van der Waals surface area contributed by atoms with E-state index in [0.29, 0.717) is 37.7 Å². The fourth-order valence-electron chi connectivity index (χ4n) is 3.22. The van der Waals surface area contributed by atoms with Crippen molar-refractivity contribution in [3.8, 4) is 0 Å². The standard InChI is InChI=1S/C16H25N5O4S/c1-19-15(7-8-18-19)20-9-3-4-13(16(20)23)21(26(2,24)25)11-14(22)17-10-12-5-6-12/h7-8,12-13H,3-6,9-11H2,1-2H3,(H,17,22)/t13-/m0/s1. The number of hydrogen-bond acceptors (Lipinski definition) is 5. The van der Waals surface area contributed by atoms with Crippen LogP contribution in [0, 0.1) is 5.92 Å². The first kappa shape index (κ1) is 18.8. The highest BCUT2D eigenvalue weighted by Crippen LogP contribution is 2.28. The average Bonchev–Trinajstić information content (AvgIpc) is 3.31. The zero-order chi connectivity index (χ0) is 18.9. The Morgan fingerprint density at radius 3 is 2.69 bits per heavy atom. The van der Waals surface area contributed by atoms with Crippen molar-refractivity contribution in [2.75, 3.05) is 30.8 Å². The van der Waals surface area contributed by atoms with Gasteiger partial charge in [0, 0.05) is 26.2 Å². The van der Waals surface area contributed by atoms with Crippen LogP contribution in [0.2, 0.25) is 0 Å². The molecule has 3 rings (SSSR count). The second-order valence-corrected chi connectivity index (χ2v) is 8.95. The molecule has 144 valence electrons. The fraction of sp³-hybridized carbons (Fsp3) is 0.688. The fourth-order valence-corrected chi connectivity index (χ4v) is 4.23. The Hall–Kier alpha value is -1.94. The van der Waals surface area contributed by atoms with Gasteiger partial charge in [-0.15, -0.1) is 0 Å². The van der Waals surface area contributed by atoms with Gasteiger partial charge in [-0.2, -0.15) is 9.40 Å². The summed E-state index contributed by atoms with van der Waals surface area (Å²) >= 11 is 0. The van der Waals surface area contributed by atoms with Crippen molar-refractivity contribution in [3.05, 3.63) is 12.3 Å². The number of rotatable bonds is 7. The predicted octanol–water partition coefficient (Wildman–Crippen LogP) is -0.297. The molecule has 0 bridgehead atoms. The number of aromatic nitrogens is 2. The van der Waals surface area contributed by atoms with Crippen molar-refractivity contribution in [1.82, 2.24) is 19.4 Å². The summed E-state index contributed by atoms with van der Waals surface area (Å²) in [7, 11) is -1.99. The predicted molar refractivity (Wildman–Crippen MR) is 95.9 cm³/mol. The first-order chi connectivity index (χ1) is 12.3. The van der Waals surface area contributed by atoms with Gasteiger partial charge in [-0.3, -0.25) is 19.2 Å². The van der Waals surface area contributed by atoms with Gasteiger partial charge in [-0.05, 0) is 31.6 Å². The molecule has 1 aromatic rings. The summed E-state index contributed by atoms with van der Waals surface area (Å²) in [5.74, 6) is 0.432. The van der Waals surface area contributed by atoms with Gasteiger partial charge in [0.2, 0.25) is 21.8 Å². The molecule has 1 aliphatic carbocycles. The summed E-state index contributed by atoms with van der Waals surface area (Å²) in [6, 6.07) is 0.841. The van der Waals surface area contributed by atoms with Crippen molar-refractivity contribution in [1.29, 1.82) is 0 Å². The molecule has 1 saturated heterocycles. The minimum absolute atomic E-state index is 0.319. The Morgan fingerprint density at radius 2 is 2.12 bits per heavy atom. The van der Waals surface area contributed by atoms with E-state index < -0.39 is 16.1 Å². The van der Waals surface area contributed by atoms with E-state index in [0.717, 1.165) is 23.4 Å². The molecule has 2 amide bonds. The van der Waals surface area contributed by atoms with Crippen LogP contribution in [0.1, 0.15) is 25.7 Å². The molecule has 2 aliphatic rings. The van der Waals surface area contributed by atoms with Crippen LogP contribution in [0.25, 0.3) is 0 Å². The first-order valence-corrected chi connectivity index (χ1v) is 10.6. The van der Waals surface area contributed by atoms with Crippen LogP contribution in [0.15, 0.2) is 12.3 Å². The summed E-state index contributed by atoms with van der Waals surface area (Å²) in [6.07, 6.45) is 5.87. The van der Waals surface area contributed by atoms with Crippen LogP contribution in [-0.4, -0.2) is 66.2 Å². The third-order valence-corrected chi connectivity index (χ3v) is 6.08. The van der Waals surface area contributed by atoms with E-state index in [-0.39, 0.29) is 18.4 Å². The highest BCUT2D eigenvalue weighted by molar-refractivity contribution is 7.88. The average molecular weight is 383 g/mol. The normalized spacial score (nSPS) is 21.3. The molecule has 1 atom stereocenters. The van der Waals surface area contributed by atoms with Gasteiger partial charge in [0.15, 0.2) is 0 Å². The summed E-state index contributed by atoms with van der Waals surface area (Å²) in [4.78, 5) is 26.7. The maximum absolute atomic E-state index is 13.0. The highest BCUT2D eigenvalue weighted by Gasteiger charge is 2.39. The number of aryl methyl sites for hydroxylation is 1. The van der Waals surface area contributed by atoms with Gasteiger partial charge in [0.1, 0.15) is 11.9 Å². The Labute approximate surface area is 153 Å². The van der Waals surface area contributed by atoms with Gasteiger partial charge in [-0.25, -0.2) is 8.42 Å². The van der Waals surface area contributed by atoms with Gasteiger partial charge in [0.05, 0.1) is 19.0 Å². The van der Waals surface area contributed by atoms with Crippen molar-refractivity contribution in [2.24, 2.45) is 13.0 Å². The van der Waals surface area contributed by atoms with E-state index in [1.54, 1.807) is 28.9 Å². The molecular weight excluding hydrogens is 358 g/mol. The van der Waals surface area contributed by atoms with Crippen LogP contribution >= 0.6 is 0 Å². The number of carbonyl (C=O) groups excluding carboxylic acids is 2. The summed E-state index contributed by atoms with van der Waals surface area (Å²) in [5, 5.41) is 6.83. The molecule has 0 unspecified atom stereocenters. The van der Waals surface area contributed by atoms with Crippen LogP contribution < -0.4 is 10.2 Å². The lowest BCUT2D eigenvalue weighted by Gasteiger charge is -2.36. The number of hydrogen-bond donors (Lipinski definition) is 1. The molecule has 1 saturated carbocycles. The van der Waals surface area contributed by atoms with Crippen molar-refractivity contribution >= 4 is 27.7 Å². The number of amides is 2. The molecule has 9 nitrogen and oxygen atoms in total. The van der Waals surface area contributed by atoms with E-state index in [2.05, 4.69) is 10.4 Å². The molecule has 1 aromatic heterocycles. The minimum atomic E-state index is -3.72. The molecule has 10 heteroatoms. The lowest BCUT2D eigenvalue weighted by molar-refractivity contribution is -0.125. The maximum atomic E-state index is 13.0. The van der Waals surface area contributed by atoms with Crippen LogP contribution in [0.5, 0.6) is 0 Å². The van der Waals surface area contributed by atoms with Crippen LogP contribution in [0.4, 0.5) is 5.82 Å². The van der Waals surface area contributed by atoms with E-state index in [4.69, 9.17) is 0 Å². The van der Waals surface area contributed by atoms with Crippen LogP contribution in [0.3, 0.4) is 0 Å². The molecular formula is C16H25N5O4S. The number of nitrogens with one attached hydrogen (secondary N) is 1. The minimum Gasteiger partial charge on any atom is -0.355 e. The summed E-state index contributed by atoms with van der Waals surface area (Å²) in [6.45, 7) is 0.734. The maximum Gasteiger partial charge on any atom is 0.246 e. The Morgan fingerprint density at radius 1 is 1.38 bits per heavy atom. The van der Waals surface area contributed by atoms with E-state index in [1.165, 1.54) is 0 Å². The smallest absolute Gasteiger partial charge is 0.246 e. The third kappa shape index (κ3) is 4.24. The zero-order valence-corrected chi connectivity index (χ0v) is 15.9. The molecule has 1 N–H and O–H groups in total. The quantitative estimate of drug-likeness (QED) is 0.696. The van der Waals surface area contributed by atoms with Crippen molar-refractivity contribution in [2.45, 2.75) is 31.7 Å². The molecule has 0 spiro atoms. The van der Waals surface area contributed by atoms with E-state index in [9.17, 15) is 18.0 Å². The topological polar surface area (TPSA) is 105 Å². The van der Waals surface area contributed by atoms with Gasteiger partial charge in [0.25, 0.3) is 0 Å². The molecule has 1 aliphatic heterocycles. The van der Waals surface area contributed by atoms with Crippen molar-refractivity contribution in [3.63, 3.8) is 0 Å². The second kappa shape index (κ2) is 7.36. The number of anilines is 1. The van der Waals surface area contributed by atoms with Crippen LogP contribution in [-0.2, 0) is 26.7 Å². The first-order valence-electron chi connectivity index (χ1n) is 8.80. The largest absolute Gasteiger partial charge is 0.355 e. The summed E-state index contributed by atoms with van der Waals surface area (Å²) < 4.78 is 27.2. The third-order valence-electron chi connectivity index (χ3n) is 4.84. The summed E-state index contributed by atoms with van der Waals surface area (Å²) in [5.41, 5.74) is 0. The number of sulfonamides is 1. The van der Waals surface area contributed by atoms with Crippen molar-refractivity contribution < 1.29 is 18.0 Å². The number of nitrogens with zero attached hydrogens (tertiary/aromatic N) is 4. The number of carbonyl (C=O) groups is 2. The Kier molecular flexibility index (Phi) is 5.33. The van der Waals surface area contributed by atoms with Gasteiger partial charge >= 0.3 is 0 Å².